The van der Waals surface area contributed by atoms with Crippen molar-refractivity contribution in [1.82, 2.24) is 14.8 Å². The van der Waals surface area contributed by atoms with Gasteiger partial charge >= 0.3 is 0 Å². The van der Waals surface area contributed by atoms with Gasteiger partial charge in [0.05, 0.1) is 9.85 Å². The first-order chi connectivity index (χ1) is 15.4. The number of aromatic nitrogens is 1. The van der Waals surface area contributed by atoms with Crippen molar-refractivity contribution in [1.29, 1.82) is 0 Å². The summed E-state index contributed by atoms with van der Waals surface area (Å²) >= 11 is 7.37. The number of nitrogens with two attached hydrogens (primary N) is 1. The zero-order valence-corrected chi connectivity index (χ0v) is 19.6. The number of nitrogen functional groups attached to an aromatic ring is 1. The third-order valence-corrected chi connectivity index (χ3v) is 6.98. The fourth-order valence-electron chi connectivity index (χ4n) is 4.10. The van der Waals surface area contributed by atoms with Gasteiger partial charge in [0.25, 0.3) is 0 Å². The Labute approximate surface area is 196 Å². The summed E-state index contributed by atoms with van der Waals surface area (Å²) in [7, 11) is 0. The van der Waals surface area contributed by atoms with Crippen molar-refractivity contribution in [3.63, 3.8) is 0 Å². The average molecular weight is 469 g/mol. The third kappa shape index (κ3) is 4.49. The number of pyridine rings is 1. The van der Waals surface area contributed by atoms with Crippen LogP contribution in [-0.2, 0) is 16.1 Å². The Morgan fingerprint density at radius 1 is 1.31 bits per heavy atom. The summed E-state index contributed by atoms with van der Waals surface area (Å²) in [5.74, 6) is -0.195. The number of rotatable bonds is 5. The molecule has 1 aliphatic rings. The van der Waals surface area contributed by atoms with E-state index in [1.807, 2.05) is 43.0 Å². The topological polar surface area (TPSA) is 79.5 Å². The highest BCUT2D eigenvalue weighted by molar-refractivity contribution is 7.17. The van der Waals surface area contributed by atoms with Crippen molar-refractivity contribution >= 4 is 57.4 Å². The summed E-state index contributed by atoms with van der Waals surface area (Å²) < 4.78 is 0.674. The predicted octanol–water partition coefficient (Wildman–Crippen LogP) is 4.58. The molecule has 2 unspecified atom stereocenters. The van der Waals surface area contributed by atoms with Crippen molar-refractivity contribution in [2.75, 3.05) is 12.3 Å². The molecule has 0 radical (unpaired) electrons. The van der Waals surface area contributed by atoms with Gasteiger partial charge in [0.15, 0.2) is 0 Å². The minimum atomic E-state index is -0.482. The van der Waals surface area contributed by atoms with Crippen molar-refractivity contribution in [2.24, 2.45) is 0 Å². The van der Waals surface area contributed by atoms with Crippen LogP contribution in [-0.4, -0.2) is 45.2 Å². The smallest absolute Gasteiger partial charge is 0.247 e. The highest BCUT2D eigenvalue weighted by Crippen LogP contribution is 2.26. The van der Waals surface area contributed by atoms with Gasteiger partial charge in [-0.2, -0.15) is 0 Å². The molecule has 0 spiro atoms. The summed E-state index contributed by atoms with van der Waals surface area (Å²) in [6.07, 6.45) is 5.52. The van der Waals surface area contributed by atoms with E-state index in [0.29, 0.717) is 29.5 Å². The molecular formula is C24H25ClN4O2S. The first kappa shape index (κ1) is 22.3. The quantitative estimate of drug-likeness (QED) is 0.555. The number of carbonyl (C=O) groups excluding carboxylic acids is 2. The highest BCUT2D eigenvalue weighted by Gasteiger charge is 2.39. The van der Waals surface area contributed by atoms with E-state index >= 15 is 0 Å². The van der Waals surface area contributed by atoms with Crippen LogP contribution >= 0.6 is 22.9 Å². The molecule has 1 fully saturated rings. The number of anilines is 1. The fraction of sp³-hybridized carbons (Fsp3) is 0.292. The molecule has 1 saturated heterocycles. The van der Waals surface area contributed by atoms with Crippen LogP contribution in [0.1, 0.15) is 30.7 Å². The predicted molar refractivity (Wildman–Crippen MR) is 130 cm³/mol. The Hall–Kier alpha value is -2.90. The van der Waals surface area contributed by atoms with E-state index in [0.717, 1.165) is 21.3 Å². The lowest BCUT2D eigenvalue weighted by Crippen LogP contribution is -2.61. The molecule has 32 heavy (non-hydrogen) atoms. The molecule has 0 saturated carbocycles. The number of piperazine rings is 1. The van der Waals surface area contributed by atoms with E-state index in [9.17, 15) is 9.59 Å². The van der Waals surface area contributed by atoms with Crippen LogP contribution in [0.2, 0.25) is 4.34 Å². The minimum Gasteiger partial charge on any atom is -0.398 e. The van der Waals surface area contributed by atoms with Crippen LogP contribution in [0.25, 0.3) is 17.0 Å². The zero-order chi connectivity index (χ0) is 22.8. The summed E-state index contributed by atoms with van der Waals surface area (Å²) in [6, 6.07) is 10.7. The second-order valence-corrected chi connectivity index (χ2v) is 9.70. The lowest BCUT2D eigenvalue weighted by atomic mass is 10.0. The van der Waals surface area contributed by atoms with E-state index in [-0.39, 0.29) is 17.9 Å². The number of carbonyl (C=O) groups is 2. The Morgan fingerprint density at radius 3 is 2.84 bits per heavy atom. The third-order valence-electron chi connectivity index (χ3n) is 5.79. The monoisotopic (exact) mass is 468 g/mol. The van der Waals surface area contributed by atoms with E-state index in [1.165, 1.54) is 17.4 Å². The summed E-state index contributed by atoms with van der Waals surface area (Å²) in [4.78, 5) is 35.1. The highest BCUT2D eigenvalue weighted by atomic mass is 35.5. The van der Waals surface area contributed by atoms with Gasteiger partial charge in [-0.05, 0) is 49.2 Å². The SMILES string of the molecule is CCC1C(=O)N(Cc2ccc3c(N)ccnc3c2)C(C)CN1C(=O)C=Cc1ccc(Cl)s1. The molecule has 1 aromatic carbocycles. The largest absolute Gasteiger partial charge is 0.398 e. The van der Waals surface area contributed by atoms with Gasteiger partial charge in [-0.3, -0.25) is 14.6 Å². The zero-order valence-electron chi connectivity index (χ0n) is 18.0. The second kappa shape index (κ2) is 9.30. The molecular weight excluding hydrogens is 444 g/mol. The second-order valence-electron chi connectivity index (χ2n) is 7.96. The Balaban J connectivity index is 1.51. The number of hydrogen-bond acceptors (Lipinski definition) is 5. The standard InChI is InChI=1S/C24H25ClN4O2S/c1-3-21-24(31)28(14-16-4-7-18-19(26)10-11-27-20(18)12-16)15(2)13-29(21)23(30)9-6-17-5-8-22(25)32-17/h4-12,15,21H,3,13-14H2,1-2H3,(H2,26,27). The van der Waals surface area contributed by atoms with E-state index in [2.05, 4.69) is 4.98 Å². The molecule has 6 nitrogen and oxygen atoms in total. The van der Waals surface area contributed by atoms with Crippen molar-refractivity contribution in [3.05, 3.63) is 63.4 Å². The fourth-order valence-corrected chi connectivity index (χ4v) is 5.07. The number of hydrogen-bond donors (Lipinski definition) is 1. The molecule has 3 aromatic rings. The molecule has 2 aromatic heterocycles. The Morgan fingerprint density at radius 2 is 2.12 bits per heavy atom. The molecule has 4 rings (SSSR count). The lowest BCUT2D eigenvalue weighted by molar-refractivity contribution is -0.153. The van der Waals surface area contributed by atoms with E-state index < -0.39 is 6.04 Å². The van der Waals surface area contributed by atoms with Crippen LogP contribution in [0.5, 0.6) is 0 Å². The number of benzene rings is 1. The summed E-state index contributed by atoms with van der Waals surface area (Å²) in [5.41, 5.74) is 8.50. The van der Waals surface area contributed by atoms with Gasteiger partial charge in [0, 0.05) is 47.4 Å². The molecule has 166 valence electrons. The molecule has 3 heterocycles. The summed E-state index contributed by atoms with van der Waals surface area (Å²) in [5, 5.41) is 0.899. The van der Waals surface area contributed by atoms with E-state index in [1.54, 1.807) is 29.3 Å². The van der Waals surface area contributed by atoms with E-state index in [4.69, 9.17) is 17.3 Å². The van der Waals surface area contributed by atoms with Crippen molar-refractivity contribution in [2.45, 2.75) is 38.9 Å². The van der Waals surface area contributed by atoms with Crippen LogP contribution in [0.3, 0.4) is 0 Å². The Kier molecular flexibility index (Phi) is 6.48. The van der Waals surface area contributed by atoms with Gasteiger partial charge in [-0.15, -0.1) is 11.3 Å². The van der Waals surface area contributed by atoms with Gasteiger partial charge < -0.3 is 15.5 Å². The molecule has 2 N–H and O–H groups in total. The lowest BCUT2D eigenvalue weighted by Gasteiger charge is -2.44. The van der Waals surface area contributed by atoms with Crippen LogP contribution in [0, 0.1) is 0 Å². The average Bonchev–Trinajstić information content (AvgIpc) is 3.20. The molecule has 0 aliphatic carbocycles. The number of nitrogens with zero attached hydrogens (tertiary/aromatic N) is 3. The molecule has 8 heteroatoms. The number of fused-ring (bicyclic) bond motifs is 1. The maximum Gasteiger partial charge on any atom is 0.247 e. The number of amides is 2. The molecule has 2 atom stereocenters. The maximum absolute atomic E-state index is 13.3. The number of halogens is 1. The van der Waals surface area contributed by atoms with Crippen LogP contribution in [0.4, 0.5) is 5.69 Å². The number of thiophene rings is 1. The first-order valence-electron chi connectivity index (χ1n) is 10.5. The maximum atomic E-state index is 13.3. The molecule has 0 bridgehead atoms. The van der Waals surface area contributed by atoms with Gasteiger partial charge in [0.2, 0.25) is 11.8 Å². The van der Waals surface area contributed by atoms with Crippen molar-refractivity contribution < 1.29 is 9.59 Å². The molecule has 1 aliphatic heterocycles. The van der Waals surface area contributed by atoms with Crippen molar-refractivity contribution in [3.8, 4) is 0 Å². The van der Waals surface area contributed by atoms with Gasteiger partial charge in [-0.1, -0.05) is 30.7 Å². The molecule has 2 amide bonds. The first-order valence-corrected chi connectivity index (χ1v) is 11.7. The van der Waals surface area contributed by atoms with Gasteiger partial charge in [0.1, 0.15) is 6.04 Å². The summed E-state index contributed by atoms with van der Waals surface area (Å²) in [6.45, 7) is 4.86. The minimum absolute atomic E-state index is 0.0344. The van der Waals surface area contributed by atoms with Crippen LogP contribution in [0.15, 0.2) is 48.7 Å². The van der Waals surface area contributed by atoms with Gasteiger partial charge in [-0.25, -0.2) is 0 Å². The Bertz CT molecular complexity index is 1190. The normalized spacial score (nSPS) is 19.3. The van der Waals surface area contributed by atoms with Crippen LogP contribution < -0.4 is 5.73 Å².